The van der Waals surface area contributed by atoms with Crippen LogP contribution < -0.4 is 4.74 Å². The van der Waals surface area contributed by atoms with Crippen molar-refractivity contribution in [1.29, 1.82) is 0 Å². The normalized spacial score (nSPS) is 12.4. The predicted molar refractivity (Wildman–Crippen MR) is 69.3 cm³/mol. The van der Waals surface area contributed by atoms with Gasteiger partial charge in [-0.2, -0.15) is 5.10 Å². The number of benzene rings is 1. The van der Waals surface area contributed by atoms with E-state index in [-0.39, 0.29) is 0 Å². The van der Waals surface area contributed by atoms with Crippen LogP contribution in [0.25, 0.3) is 0 Å². The number of aliphatic hydroxyl groups excluding tert-OH is 1. The fourth-order valence-corrected chi connectivity index (χ4v) is 1.68. The van der Waals surface area contributed by atoms with Crippen LogP contribution in [0.2, 0.25) is 0 Å². The third-order valence-electron chi connectivity index (χ3n) is 2.78. The number of aryl methyl sites for hydroxylation is 1. The number of hydrogen-bond donors (Lipinski definition) is 1. The molecule has 0 saturated heterocycles. The molecule has 0 aliphatic heterocycles. The highest BCUT2D eigenvalue weighted by Gasteiger charge is 2.10. The Morgan fingerprint density at radius 2 is 2.06 bits per heavy atom. The number of hydrogen-bond acceptors (Lipinski definition) is 3. The summed E-state index contributed by atoms with van der Waals surface area (Å²) in [6, 6.07) is 9.97. The van der Waals surface area contributed by atoms with Crippen molar-refractivity contribution in [2.45, 2.75) is 33.1 Å². The van der Waals surface area contributed by atoms with E-state index in [9.17, 15) is 5.11 Å². The van der Waals surface area contributed by atoms with Crippen molar-refractivity contribution in [3.63, 3.8) is 0 Å². The SMILES string of the molecule is CCC(O)n1cc(OCc2ccccc2)c(C)n1. The number of nitrogens with zero attached hydrogens (tertiary/aromatic N) is 2. The van der Waals surface area contributed by atoms with Gasteiger partial charge in [0.25, 0.3) is 0 Å². The Kier molecular flexibility index (Phi) is 3.99. The lowest BCUT2D eigenvalue weighted by molar-refractivity contribution is 0.0861. The minimum absolute atomic E-state index is 0.510. The zero-order valence-electron chi connectivity index (χ0n) is 10.7. The van der Waals surface area contributed by atoms with Crippen LogP contribution in [-0.2, 0) is 6.61 Å². The standard InChI is InChI=1S/C14H18N2O2/c1-3-14(17)16-9-13(11(2)15-16)18-10-12-7-5-4-6-8-12/h4-9,14,17H,3,10H2,1-2H3. The van der Waals surface area contributed by atoms with E-state index in [2.05, 4.69) is 5.10 Å². The van der Waals surface area contributed by atoms with Gasteiger partial charge in [0.15, 0.2) is 5.75 Å². The average molecular weight is 246 g/mol. The Bertz CT molecular complexity index is 494. The third kappa shape index (κ3) is 2.90. The highest BCUT2D eigenvalue weighted by Crippen LogP contribution is 2.20. The molecule has 1 unspecified atom stereocenters. The molecule has 0 amide bonds. The maximum atomic E-state index is 9.70. The van der Waals surface area contributed by atoms with Gasteiger partial charge in [-0.15, -0.1) is 0 Å². The maximum Gasteiger partial charge on any atom is 0.160 e. The Labute approximate surface area is 107 Å². The predicted octanol–water partition coefficient (Wildman–Crippen LogP) is 2.67. The van der Waals surface area contributed by atoms with Crippen molar-refractivity contribution in [2.24, 2.45) is 0 Å². The molecule has 1 heterocycles. The molecule has 1 atom stereocenters. The first-order valence-electron chi connectivity index (χ1n) is 6.11. The summed E-state index contributed by atoms with van der Waals surface area (Å²) < 4.78 is 7.24. The molecule has 18 heavy (non-hydrogen) atoms. The number of ether oxygens (including phenoxy) is 1. The summed E-state index contributed by atoms with van der Waals surface area (Å²) >= 11 is 0. The van der Waals surface area contributed by atoms with Crippen LogP contribution in [-0.4, -0.2) is 14.9 Å². The van der Waals surface area contributed by atoms with Gasteiger partial charge in [0.2, 0.25) is 0 Å². The van der Waals surface area contributed by atoms with E-state index in [0.29, 0.717) is 18.8 Å². The average Bonchev–Trinajstić information content (AvgIpc) is 2.78. The second kappa shape index (κ2) is 5.69. The molecule has 4 nitrogen and oxygen atoms in total. The Morgan fingerprint density at radius 3 is 2.72 bits per heavy atom. The largest absolute Gasteiger partial charge is 0.485 e. The summed E-state index contributed by atoms with van der Waals surface area (Å²) in [5.74, 6) is 0.714. The van der Waals surface area contributed by atoms with Crippen LogP contribution in [0.5, 0.6) is 5.75 Å². The molecule has 2 rings (SSSR count). The van der Waals surface area contributed by atoms with Crippen molar-refractivity contribution in [1.82, 2.24) is 9.78 Å². The van der Waals surface area contributed by atoms with Crippen LogP contribution in [0.1, 0.15) is 30.8 Å². The van der Waals surface area contributed by atoms with Gasteiger partial charge in [0, 0.05) is 0 Å². The molecule has 0 aliphatic rings. The summed E-state index contributed by atoms with van der Waals surface area (Å²) in [7, 11) is 0. The van der Waals surface area contributed by atoms with Gasteiger partial charge in [0.05, 0.1) is 6.20 Å². The zero-order chi connectivity index (χ0) is 13.0. The van der Waals surface area contributed by atoms with Gasteiger partial charge in [0.1, 0.15) is 18.5 Å². The van der Waals surface area contributed by atoms with E-state index in [1.807, 2.05) is 44.2 Å². The molecule has 0 spiro atoms. The lowest BCUT2D eigenvalue weighted by atomic mass is 10.2. The Hall–Kier alpha value is -1.81. The second-order valence-electron chi connectivity index (χ2n) is 4.22. The number of rotatable bonds is 5. The minimum Gasteiger partial charge on any atom is -0.485 e. The zero-order valence-corrected chi connectivity index (χ0v) is 10.7. The second-order valence-corrected chi connectivity index (χ2v) is 4.22. The van der Waals surface area contributed by atoms with Crippen LogP contribution in [0, 0.1) is 6.92 Å². The fraction of sp³-hybridized carbons (Fsp3) is 0.357. The summed E-state index contributed by atoms with van der Waals surface area (Å²) in [6.45, 7) is 4.29. The van der Waals surface area contributed by atoms with E-state index in [0.717, 1.165) is 11.3 Å². The third-order valence-corrected chi connectivity index (χ3v) is 2.78. The number of aromatic nitrogens is 2. The molecule has 4 heteroatoms. The highest BCUT2D eigenvalue weighted by molar-refractivity contribution is 5.24. The van der Waals surface area contributed by atoms with Gasteiger partial charge < -0.3 is 9.84 Å². The van der Waals surface area contributed by atoms with Crippen LogP contribution in [0.3, 0.4) is 0 Å². The number of aliphatic hydroxyl groups is 1. The fourth-order valence-electron chi connectivity index (χ4n) is 1.68. The van der Waals surface area contributed by atoms with E-state index >= 15 is 0 Å². The molecule has 0 fully saturated rings. The van der Waals surface area contributed by atoms with Crippen molar-refractivity contribution < 1.29 is 9.84 Å². The van der Waals surface area contributed by atoms with E-state index in [1.165, 1.54) is 4.68 Å². The van der Waals surface area contributed by atoms with Gasteiger partial charge >= 0.3 is 0 Å². The maximum absolute atomic E-state index is 9.70. The van der Waals surface area contributed by atoms with Gasteiger partial charge in [-0.25, -0.2) is 4.68 Å². The molecule has 0 saturated carbocycles. The molecular formula is C14H18N2O2. The molecule has 96 valence electrons. The molecule has 0 aliphatic carbocycles. The van der Waals surface area contributed by atoms with Crippen molar-refractivity contribution >= 4 is 0 Å². The molecule has 2 aromatic rings. The van der Waals surface area contributed by atoms with Crippen LogP contribution in [0.4, 0.5) is 0 Å². The smallest absolute Gasteiger partial charge is 0.160 e. The van der Waals surface area contributed by atoms with Crippen molar-refractivity contribution in [2.75, 3.05) is 0 Å². The quantitative estimate of drug-likeness (QED) is 0.882. The van der Waals surface area contributed by atoms with Gasteiger partial charge in [-0.3, -0.25) is 0 Å². The summed E-state index contributed by atoms with van der Waals surface area (Å²) in [4.78, 5) is 0. The minimum atomic E-state index is -0.585. The summed E-state index contributed by atoms with van der Waals surface area (Å²) in [5.41, 5.74) is 1.90. The first-order chi connectivity index (χ1) is 8.70. The van der Waals surface area contributed by atoms with Crippen LogP contribution >= 0.6 is 0 Å². The van der Waals surface area contributed by atoms with Crippen LogP contribution in [0.15, 0.2) is 36.5 Å². The molecule has 0 radical (unpaired) electrons. The van der Waals surface area contributed by atoms with Gasteiger partial charge in [-0.1, -0.05) is 37.3 Å². The molecule has 1 aromatic heterocycles. The molecule has 1 aromatic carbocycles. The lowest BCUT2D eigenvalue weighted by Crippen LogP contribution is -2.07. The molecule has 1 N–H and O–H groups in total. The topological polar surface area (TPSA) is 47.3 Å². The molecular weight excluding hydrogens is 228 g/mol. The first-order valence-corrected chi connectivity index (χ1v) is 6.11. The van der Waals surface area contributed by atoms with E-state index < -0.39 is 6.23 Å². The Morgan fingerprint density at radius 1 is 1.33 bits per heavy atom. The first kappa shape index (κ1) is 12.6. The monoisotopic (exact) mass is 246 g/mol. The lowest BCUT2D eigenvalue weighted by Gasteiger charge is -2.06. The van der Waals surface area contributed by atoms with Crippen molar-refractivity contribution in [3.8, 4) is 5.75 Å². The van der Waals surface area contributed by atoms with E-state index in [1.54, 1.807) is 6.20 Å². The van der Waals surface area contributed by atoms with E-state index in [4.69, 9.17) is 4.74 Å². The molecule has 0 bridgehead atoms. The van der Waals surface area contributed by atoms with Crippen molar-refractivity contribution in [3.05, 3.63) is 47.8 Å². The Balaban J connectivity index is 2.03. The summed E-state index contributed by atoms with van der Waals surface area (Å²) in [6.07, 6.45) is 1.78. The highest BCUT2D eigenvalue weighted by atomic mass is 16.5. The summed E-state index contributed by atoms with van der Waals surface area (Å²) in [5, 5.41) is 13.9. The van der Waals surface area contributed by atoms with Gasteiger partial charge in [-0.05, 0) is 18.9 Å².